The molecule has 1 aromatic carbocycles. The van der Waals surface area contributed by atoms with Crippen LogP contribution in [0, 0.1) is 0 Å². The first-order chi connectivity index (χ1) is 13.1. The monoisotopic (exact) mass is 403 g/mol. The molecule has 0 fully saturated rings. The van der Waals surface area contributed by atoms with Crippen molar-refractivity contribution in [3.8, 4) is 5.69 Å². The van der Waals surface area contributed by atoms with Gasteiger partial charge in [0.1, 0.15) is 5.82 Å². The molecule has 0 spiro atoms. The third kappa shape index (κ3) is 5.45. The van der Waals surface area contributed by atoms with Gasteiger partial charge in [0.05, 0.1) is 15.7 Å². The average Bonchev–Trinajstić information content (AvgIpc) is 3.18. The Morgan fingerprint density at radius 1 is 1.04 bits per heavy atom. The summed E-state index contributed by atoms with van der Waals surface area (Å²) in [5.74, 6) is 0.654. The molecule has 8 heteroatoms. The molecule has 3 rings (SSSR count). The molecule has 27 heavy (non-hydrogen) atoms. The van der Waals surface area contributed by atoms with Crippen LogP contribution in [-0.2, 0) is 0 Å². The lowest BCUT2D eigenvalue weighted by Gasteiger charge is -2.06. The highest BCUT2D eigenvalue weighted by Gasteiger charge is 2.10. The van der Waals surface area contributed by atoms with Gasteiger partial charge in [0.2, 0.25) is 0 Å². The zero-order valence-electron chi connectivity index (χ0n) is 14.5. The minimum atomic E-state index is -0.202. The van der Waals surface area contributed by atoms with E-state index in [1.54, 1.807) is 41.3 Å². The van der Waals surface area contributed by atoms with E-state index in [1.807, 2.05) is 18.2 Å². The molecule has 0 bridgehead atoms. The van der Waals surface area contributed by atoms with Gasteiger partial charge in [0.15, 0.2) is 5.69 Å². The van der Waals surface area contributed by atoms with Crippen molar-refractivity contribution in [3.05, 3.63) is 70.6 Å². The Balaban J connectivity index is 1.42. The van der Waals surface area contributed by atoms with Crippen molar-refractivity contribution in [2.45, 2.75) is 12.8 Å². The number of benzene rings is 1. The Hall–Kier alpha value is -2.57. The SMILES string of the molecule is O=C(NCCCCNc1ccccn1)c1ccn(-c2ccc(Cl)c(Cl)c2)n1. The lowest BCUT2D eigenvalue weighted by molar-refractivity contribution is 0.0947. The minimum absolute atomic E-state index is 0.202. The van der Waals surface area contributed by atoms with E-state index < -0.39 is 0 Å². The van der Waals surface area contributed by atoms with E-state index in [4.69, 9.17) is 23.2 Å². The van der Waals surface area contributed by atoms with Crippen LogP contribution >= 0.6 is 23.2 Å². The minimum Gasteiger partial charge on any atom is -0.370 e. The topological polar surface area (TPSA) is 71.8 Å². The van der Waals surface area contributed by atoms with E-state index in [1.165, 1.54) is 0 Å². The molecule has 2 aromatic heterocycles. The largest absolute Gasteiger partial charge is 0.370 e. The summed E-state index contributed by atoms with van der Waals surface area (Å²) in [6, 6.07) is 12.6. The van der Waals surface area contributed by atoms with E-state index in [0.717, 1.165) is 30.9 Å². The number of carbonyl (C=O) groups is 1. The number of anilines is 1. The number of amides is 1. The highest BCUT2D eigenvalue weighted by atomic mass is 35.5. The van der Waals surface area contributed by atoms with Crippen molar-refractivity contribution in [1.29, 1.82) is 0 Å². The van der Waals surface area contributed by atoms with Crippen molar-refractivity contribution in [2.24, 2.45) is 0 Å². The standard InChI is InChI=1S/C19H19Cl2N5O/c20-15-7-6-14(13-16(15)21)26-12-8-17(25-26)19(27)24-11-4-3-10-23-18-5-1-2-9-22-18/h1-2,5-9,12-13H,3-4,10-11H2,(H,22,23)(H,24,27). The zero-order chi connectivity index (χ0) is 19.1. The second-order valence-corrected chi connectivity index (χ2v) is 6.66. The van der Waals surface area contributed by atoms with E-state index in [0.29, 0.717) is 22.3 Å². The smallest absolute Gasteiger partial charge is 0.271 e. The predicted molar refractivity (Wildman–Crippen MR) is 108 cm³/mol. The van der Waals surface area contributed by atoms with Crippen LogP contribution in [0.4, 0.5) is 5.82 Å². The molecule has 0 aliphatic carbocycles. The number of aromatic nitrogens is 3. The van der Waals surface area contributed by atoms with Gasteiger partial charge in [-0.05, 0) is 49.2 Å². The molecule has 1 amide bonds. The number of halogens is 2. The predicted octanol–water partition coefficient (Wildman–Crippen LogP) is 4.20. The number of nitrogens with one attached hydrogen (secondary N) is 2. The summed E-state index contributed by atoms with van der Waals surface area (Å²) >= 11 is 11.9. The van der Waals surface area contributed by atoms with Gasteiger partial charge in [-0.25, -0.2) is 9.67 Å². The lowest BCUT2D eigenvalue weighted by atomic mass is 10.3. The van der Waals surface area contributed by atoms with E-state index in [-0.39, 0.29) is 5.91 Å². The Labute approximate surface area is 167 Å². The summed E-state index contributed by atoms with van der Waals surface area (Å²) in [6.45, 7) is 1.39. The van der Waals surface area contributed by atoms with Gasteiger partial charge >= 0.3 is 0 Å². The maximum Gasteiger partial charge on any atom is 0.271 e. The summed E-state index contributed by atoms with van der Waals surface area (Å²) in [7, 11) is 0. The molecular formula is C19H19Cl2N5O. The third-order valence-electron chi connectivity index (χ3n) is 3.85. The molecule has 0 saturated carbocycles. The Morgan fingerprint density at radius 3 is 2.67 bits per heavy atom. The fourth-order valence-electron chi connectivity index (χ4n) is 2.44. The van der Waals surface area contributed by atoms with Crippen LogP contribution in [0.3, 0.4) is 0 Å². The van der Waals surface area contributed by atoms with E-state index in [9.17, 15) is 4.79 Å². The van der Waals surface area contributed by atoms with Crippen LogP contribution in [0.25, 0.3) is 5.69 Å². The first kappa shape index (κ1) is 19.2. The highest BCUT2D eigenvalue weighted by Crippen LogP contribution is 2.24. The van der Waals surface area contributed by atoms with Gasteiger partial charge in [-0.2, -0.15) is 5.10 Å². The fourth-order valence-corrected chi connectivity index (χ4v) is 2.73. The second-order valence-electron chi connectivity index (χ2n) is 5.85. The van der Waals surface area contributed by atoms with Gasteiger partial charge in [-0.15, -0.1) is 0 Å². The molecule has 6 nitrogen and oxygen atoms in total. The maximum absolute atomic E-state index is 12.2. The first-order valence-electron chi connectivity index (χ1n) is 8.58. The lowest BCUT2D eigenvalue weighted by Crippen LogP contribution is -2.25. The maximum atomic E-state index is 12.2. The van der Waals surface area contributed by atoms with Crippen LogP contribution in [0.2, 0.25) is 10.0 Å². The number of unbranched alkanes of at least 4 members (excludes halogenated alkanes) is 1. The molecule has 0 atom stereocenters. The zero-order valence-corrected chi connectivity index (χ0v) is 16.0. The van der Waals surface area contributed by atoms with Gasteiger partial charge in [-0.3, -0.25) is 4.79 Å². The molecule has 0 saturated heterocycles. The van der Waals surface area contributed by atoms with E-state index >= 15 is 0 Å². The Morgan fingerprint density at radius 2 is 1.89 bits per heavy atom. The second kappa shape index (κ2) is 9.39. The molecule has 3 aromatic rings. The first-order valence-corrected chi connectivity index (χ1v) is 9.33. The van der Waals surface area contributed by atoms with Crippen LogP contribution in [0.1, 0.15) is 23.3 Å². The molecule has 0 aliphatic rings. The van der Waals surface area contributed by atoms with Gasteiger partial charge < -0.3 is 10.6 Å². The van der Waals surface area contributed by atoms with Crippen LogP contribution in [-0.4, -0.2) is 33.8 Å². The normalized spacial score (nSPS) is 10.6. The molecular weight excluding hydrogens is 385 g/mol. The van der Waals surface area contributed by atoms with Crippen LogP contribution in [0.5, 0.6) is 0 Å². The quantitative estimate of drug-likeness (QED) is 0.552. The Bertz CT molecular complexity index is 898. The summed E-state index contributed by atoms with van der Waals surface area (Å²) in [5, 5.41) is 11.3. The summed E-state index contributed by atoms with van der Waals surface area (Å²) in [4.78, 5) is 16.4. The fraction of sp³-hybridized carbons (Fsp3) is 0.211. The van der Waals surface area contributed by atoms with E-state index in [2.05, 4.69) is 20.7 Å². The van der Waals surface area contributed by atoms with Crippen molar-refractivity contribution >= 4 is 34.9 Å². The van der Waals surface area contributed by atoms with Crippen LogP contribution < -0.4 is 10.6 Å². The van der Waals surface area contributed by atoms with Gasteiger partial charge in [0.25, 0.3) is 5.91 Å². The van der Waals surface area contributed by atoms with Crippen molar-refractivity contribution in [1.82, 2.24) is 20.1 Å². The summed E-state index contributed by atoms with van der Waals surface area (Å²) < 4.78 is 1.59. The number of hydrogen-bond acceptors (Lipinski definition) is 4. The molecule has 2 N–H and O–H groups in total. The number of pyridine rings is 1. The summed E-state index contributed by atoms with van der Waals surface area (Å²) in [6.07, 6.45) is 5.25. The average molecular weight is 404 g/mol. The highest BCUT2D eigenvalue weighted by molar-refractivity contribution is 6.42. The molecule has 0 radical (unpaired) electrons. The third-order valence-corrected chi connectivity index (χ3v) is 4.59. The van der Waals surface area contributed by atoms with Crippen molar-refractivity contribution in [3.63, 3.8) is 0 Å². The van der Waals surface area contributed by atoms with Gasteiger partial charge in [-0.1, -0.05) is 29.3 Å². The number of hydrogen-bond donors (Lipinski definition) is 2. The Kier molecular flexibility index (Phi) is 6.68. The summed E-state index contributed by atoms with van der Waals surface area (Å²) in [5.41, 5.74) is 1.09. The van der Waals surface area contributed by atoms with Crippen LogP contribution in [0.15, 0.2) is 54.9 Å². The van der Waals surface area contributed by atoms with Crippen molar-refractivity contribution < 1.29 is 4.79 Å². The molecule has 0 unspecified atom stereocenters. The van der Waals surface area contributed by atoms with Crippen molar-refractivity contribution in [2.75, 3.05) is 18.4 Å². The van der Waals surface area contributed by atoms with Gasteiger partial charge in [0, 0.05) is 25.5 Å². The number of carbonyl (C=O) groups excluding carboxylic acids is 1. The molecule has 2 heterocycles. The number of rotatable bonds is 8. The molecule has 0 aliphatic heterocycles. The number of nitrogens with zero attached hydrogens (tertiary/aromatic N) is 3. The molecule has 140 valence electrons.